The Morgan fingerprint density at radius 1 is 1.32 bits per heavy atom. The van der Waals surface area contributed by atoms with E-state index in [4.69, 9.17) is 4.42 Å². The van der Waals surface area contributed by atoms with Crippen LogP contribution in [0.1, 0.15) is 34.8 Å². The molecule has 2 heterocycles. The first-order valence-electron chi connectivity index (χ1n) is 8.48. The number of anilines is 1. The van der Waals surface area contributed by atoms with Gasteiger partial charge in [-0.1, -0.05) is 12.1 Å². The van der Waals surface area contributed by atoms with Gasteiger partial charge < -0.3 is 20.0 Å². The first kappa shape index (κ1) is 17.1. The molecule has 2 amide bonds. The Balaban J connectivity index is 1.54. The topological polar surface area (TPSA) is 74.6 Å². The van der Waals surface area contributed by atoms with Gasteiger partial charge >= 0.3 is 0 Å². The number of carbonyl (C=O) groups is 2. The van der Waals surface area contributed by atoms with Crippen LogP contribution in [0.15, 0.2) is 41.2 Å². The molecule has 0 bridgehead atoms. The number of nitrogens with one attached hydrogen (secondary N) is 2. The van der Waals surface area contributed by atoms with E-state index >= 15 is 0 Å². The second-order valence-corrected chi connectivity index (χ2v) is 6.41. The summed E-state index contributed by atoms with van der Waals surface area (Å²) in [7, 11) is 2.10. The van der Waals surface area contributed by atoms with Gasteiger partial charge in [-0.25, -0.2) is 0 Å². The smallest absolute Gasteiger partial charge is 0.255 e. The Morgan fingerprint density at radius 2 is 2.16 bits per heavy atom. The van der Waals surface area contributed by atoms with Crippen molar-refractivity contribution in [1.29, 1.82) is 0 Å². The van der Waals surface area contributed by atoms with Crippen molar-refractivity contribution in [3.63, 3.8) is 0 Å². The molecule has 132 valence electrons. The van der Waals surface area contributed by atoms with E-state index in [1.165, 1.54) is 23.8 Å². The van der Waals surface area contributed by atoms with Crippen LogP contribution < -0.4 is 15.5 Å². The molecular formula is C19H23N3O3. The van der Waals surface area contributed by atoms with Crippen molar-refractivity contribution in [3.05, 3.63) is 53.5 Å². The summed E-state index contributed by atoms with van der Waals surface area (Å²) in [6, 6.07) is 7.24. The maximum Gasteiger partial charge on any atom is 0.255 e. The SMILES string of the molecule is C[C@@H](NC(=O)c1ccoc1)C(=O)NCc1ccc2c(c1)CCCN2C. The van der Waals surface area contributed by atoms with Crippen molar-refractivity contribution < 1.29 is 14.0 Å². The van der Waals surface area contributed by atoms with E-state index in [-0.39, 0.29) is 11.8 Å². The van der Waals surface area contributed by atoms with Crippen LogP contribution in [0.3, 0.4) is 0 Å². The number of hydrogen-bond donors (Lipinski definition) is 2. The van der Waals surface area contributed by atoms with E-state index in [1.54, 1.807) is 13.0 Å². The normalized spacial score (nSPS) is 14.6. The first-order valence-corrected chi connectivity index (χ1v) is 8.48. The summed E-state index contributed by atoms with van der Waals surface area (Å²) in [5.41, 5.74) is 4.05. The molecule has 0 spiro atoms. The molecule has 6 heteroatoms. The van der Waals surface area contributed by atoms with Gasteiger partial charge in [0.2, 0.25) is 5.91 Å². The highest BCUT2D eigenvalue weighted by Gasteiger charge is 2.18. The number of furan rings is 1. The Kier molecular flexibility index (Phi) is 5.07. The van der Waals surface area contributed by atoms with Crippen molar-refractivity contribution in [1.82, 2.24) is 10.6 Å². The van der Waals surface area contributed by atoms with E-state index in [1.807, 2.05) is 6.07 Å². The van der Waals surface area contributed by atoms with Gasteiger partial charge in [-0.3, -0.25) is 9.59 Å². The predicted octanol–water partition coefficient (Wildman–Crippen LogP) is 2.10. The second kappa shape index (κ2) is 7.42. The third-order valence-corrected chi connectivity index (χ3v) is 4.49. The van der Waals surface area contributed by atoms with Gasteiger partial charge in [0.05, 0.1) is 11.8 Å². The molecule has 2 N–H and O–H groups in total. The average Bonchev–Trinajstić information content (AvgIpc) is 3.14. The zero-order valence-electron chi connectivity index (χ0n) is 14.5. The monoisotopic (exact) mass is 341 g/mol. The van der Waals surface area contributed by atoms with Crippen molar-refractivity contribution in [2.24, 2.45) is 0 Å². The standard InChI is InChI=1S/C19H23N3O3/c1-13(21-19(24)16-7-9-25-12-16)18(23)20-11-14-5-6-17-15(10-14)4-3-8-22(17)2/h5-7,9-10,12-13H,3-4,8,11H2,1-2H3,(H,20,23)(H,21,24)/t13-/m1/s1. The quantitative estimate of drug-likeness (QED) is 0.873. The summed E-state index contributed by atoms with van der Waals surface area (Å²) in [6.07, 6.45) is 4.99. The molecule has 1 aliphatic rings. The lowest BCUT2D eigenvalue weighted by Gasteiger charge is -2.27. The Bertz CT molecular complexity index is 755. The van der Waals surface area contributed by atoms with Crippen molar-refractivity contribution in [3.8, 4) is 0 Å². The van der Waals surface area contributed by atoms with E-state index in [9.17, 15) is 9.59 Å². The highest BCUT2D eigenvalue weighted by atomic mass is 16.3. The molecule has 0 unspecified atom stereocenters. The number of aryl methyl sites for hydroxylation is 1. The van der Waals surface area contributed by atoms with Gasteiger partial charge in [0.1, 0.15) is 12.3 Å². The minimum atomic E-state index is -0.619. The van der Waals surface area contributed by atoms with Gasteiger partial charge in [0.15, 0.2) is 0 Å². The van der Waals surface area contributed by atoms with Crippen LogP contribution in [0.5, 0.6) is 0 Å². The van der Waals surface area contributed by atoms with E-state index in [2.05, 4.69) is 34.7 Å². The number of amides is 2. The molecule has 6 nitrogen and oxygen atoms in total. The summed E-state index contributed by atoms with van der Waals surface area (Å²) in [5, 5.41) is 5.53. The number of benzene rings is 1. The molecule has 1 aliphatic heterocycles. The van der Waals surface area contributed by atoms with Crippen LogP contribution in [0.2, 0.25) is 0 Å². The van der Waals surface area contributed by atoms with E-state index in [0.29, 0.717) is 12.1 Å². The second-order valence-electron chi connectivity index (χ2n) is 6.41. The van der Waals surface area contributed by atoms with Gasteiger partial charge in [0.25, 0.3) is 5.91 Å². The molecule has 1 aromatic carbocycles. The molecule has 1 atom stereocenters. The lowest BCUT2D eigenvalue weighted by Crippen LogP contribution is -2.44. The van der Waals surface area contributed by atoms with Crippen LogP contribution in [0, 0.1) is 0 Å². The van der Waals surface area contributed by atoms with Crippen molar-refractivity contribution >= 4 is 17.5 Å². The van der Waals surface area contributed by atoms with E-state index < -0.39 is 6.04 Å². The van der Waals surface area contributed by atoms with Gasteiger partial charge in [0, 0.05) is 25.8 Å². The average molecular weight is 341 g/mol. The zero-order chi connectivity index (χ0) is 17.8. The van der Waals surface area contributed by atoms with E-state index in [0.717, 1.165) is 24.9 Å². The van der Waals surface area contributed by atoms with Gasteiger partial charge in [-0.15, -0.1) is 0 Å². The first-order chi connectivity index (χ1) is 12.0. The van der Waals surface area contributed by atoms with Crippen molar-refractivity contribution in [2.75, 3.05) is 18.5 Å². The molecule has 2 aromatic rings. The molecule has 25 heavy (non-hydrogen) atoms. The lowest BCUT2D eigenvalue weighted by atomic mass is 9.99. The summed E-state index contributed by atoms with van der Waals surface area (Å²) in [5.74, 6) is -0.542. The fourth-order valence-corrected chi connectivity index (χ4v) is 3.03. The molecule has 0 saturated heterocycles. The van der Waals surface area contributed by atoms with Gasteiger partial charge in [-0.2, -0.15) is 0 Å². The number of fused-ring (bicyclic) bond motifs is 1. The molecular weight excluding hydrogens is 318 g/mol. The van der Waals surface area contributed by atoms with Crippen LogP contribution in [0.4, 0.5) is 5.69 Å². The Hall–Kier alpha value is -2.76. The zero-order valence-corrected chi connectivity index (χ0v) is 14.5. The molecule has 0 radical (unpaired) electrons. The van der Waals surface area contributed by atoms with Crippen molar-refractivity contribution in [2.45, 2.75) is 32.4 Å². The van der Waals surface area contributed by atoms with Crippen LogP contribution in [-0.4, -0.2) is 31.4 Å². The maximum absolute atomic E-state index is 12.2. The Morgan fingerprint density at radius 3 is 2.92 bits per heavy atom. The number of carbonyl (C=O) groups excluding carboxylic acids is 2. The molecule has 0 saturated carbocycles. The Labute approximate surface area is 147 Å². The third kappa shape index (κ3) is 4.02. The highest BCUT2D eigenvalue weighted by Crippen LogP contribution is 2.26. The molecule has 3 rings (SSSR count). The molecule has 1 aromatic heterocycles. The minimum absolute atomic E-state index is 0.216. The van der Waals surface area contributed by atoms with Crippen LogP contribution in [0.25, 0.3) is 0 Å². The van der Waals surface area contributed by atoms with Crippen LogP contribution >= 0.6 is 0 Å². The van der Waals surface area contributed by atoms with Gasteiger partial charge in [-0.05, 0) is 43.0 Å². The summed E-state index contributed by atoms with van der Waals surface area (Å²) < 4.78 is 4.87. The lowest BCUT2D eigenvalue weighted by molar-refractivity contribution is -0.122. The predicted molar refractivity (Wildman–Crippen MR) is 95.5 cm³/mol. The molecule has 0 aliphatic carbocycles. The minimum Gasteiger partial charge on any atom is -0.472 e. The number of nitrogens with zero attached hydrogens (tertiary/aromatic N) is 1. The number of hydrogen-bond acceptors (Lipinski definition) is 4. The fraction of sp³-hybridized carbons (Fsp3) is 0.368. The van der Waals surface area contributed by atoms with Crippen LogP contribution in [-0.2, 0) is 17.8 Å². The molecule has 0 fully saturated rings. The summed E-state index contributed by atoms with van der Waals surface area (Å²) in [4.78, 5) is 26.4. The summed E-state index contributed by atoms with van der Waals surface area (Å²) in [6.45, 7) is 3.19. The highest BCUT2D eigenvalue weighted by molar-refractivity contribution is 5.97. The summed E-state index contributed by atoms with van der Waals surface area (Å²) >= 11 is 0. The number of rotatable bonds is 5. The maximum atomic E-state index is 12.2. The third-order valence-electron chi connectivity index (χ3n) is 4.49. The largest absolute Gasteiger partial charge is 0.472 e. The fourth-order valence-electron chi connectivity index (χ4n) is 3.03.